The smallest absolute Gasteiger partial charge is 0.213 e. The Morgan fingerprint density at radius 3 is 3.05 bits per heavy atom. The Morgan fingerprint density at radius 1 is 1.53 bits per heavy atom. The summed E-state index contributed by atoms with van der Waals surface area (Å²) in [6, 6.07) is 3.95. The van der Waals surface area contributed by atoms with E-state index in [4.69, 9.17) is 0 Å². The van der Waals surface area contributed by atoms with E-state index in [-0.39, 0.29) is 18.3 Å². The highest BCUT2D eigenvalue weighted by Crippen LogP contribution is 2.09. The Hall–Kier alpha value is -0.980. The SMILES string of the molecule is CCc1cccnc1CNS(=O)(=O)CC1CCCN1. The zero-order valence-corrected chi connectivity index (χ0v) is 12.0. The highest BCUT2D eigenvalue weighted by atomic mass is 32.2. The molecule has 1 atom stereocenters. The lowest BCUT2D eigenvalue weighted by Gasteiger charge is -2.12. The molecule has 1 saturated heterocycles. The Morgan fingerprint density at radius 2 is 2.37 bits per heavy atom. The minimum absolute atomic E-state index is 0.0897. The lowest BCUT2D eigenvalue weighted by molar-refractivity contribution is 0.562. The molecule has 0 bridgehead atoms. The average Bonchev–Trinajstić information content (AvgIpc) is 2.89. The van der Waals surface area contributed by atoms with Gasteiger partial charge in [0.25, 0.3) is 0 Å². The molecule has 1 aromatic rings. The molecule has 1 fully saturated rings. The molecular formula is C13H21N3O2S. The van der Waals surface area contributed by atoms with Gasteiger partial charge in [-0.15, -0.1) is 0 Å². The molecule has 1 aliphatic heterocycles. The zero-order chi connectivity index (χ0) is 13.7. The summed E-state index contributed by atoms with van der Waals surface area (Å²) in [7, 11) is -3.24. The van der Waals surface area contributed by atoms with Crippen molar-refractivity contribution in [3.63, 3.8) is 0 Å². The maximum absolute atomic E-state index is 12.0. The van der Waals surface area contributed by atoms with E-state index in [1.165, 1.54) is 0 Å². The molecule has 0 spiro atoms. The van der Waals surface area contributed by atoms with Crippen molar-refractivity contribution in [1.29, 1.82) is 0 Å². The maximum atomic E-state index is 12.0. The highest BCUT2D eigenvalue weighted by Gasteiger charge is 2.21. The van der Waals surface area contributed by atoms with Gasteiger partial charge in [0.05, 0.1) is 18.0 Å². The van der Waals surface area contributed by atoms with E-state index < -0.39 is 10.0 Å². The number of sulfonamides is 1. The van der Waals surface area contributed by atoms with E-state index in [1.807, 2.05) is 19.1 Å². The lowest BCUT2D eigenvalue weighted by Crippen LogP contribution is -2.36. The summed E-state index contributed by atoms with van der Waals surface area (Å²) in [4.78, 5) is 4.24. The van der Waals surface area contributed by atoms with Crippen LogP contribution in [0.1, 0.15) is 31.0 Å². The van der Waals surface area contributed by atoms with Gasteiger partial charge in [-0.05, 0) is 37.4 Å². The highest BCUT2D eigenvalue weighted by molar-refractivity contribution is 7.89. The maximum Gasteiger partial charge on any atom is 0.213 e. The number of pyridine rings is 1. The standard InChI is InChI=1S/C13H21N3O2S/c1-2-11-5-3-8-15-13(11)9-16-19(17,18)10-12-6-4-7-14-12/h3,5,8,12,14,16H,2,4,6-7,9-10H2,1H3. The minimum Gasteiger partial charge on any atom is -0.313 e. The van der Waals surface area contributed by atoms with Gasteiger partial charge in [-0.1, -0.05) is 13.0 Å². The number of hydrogen-bond acceptors (Lipinski definition) is 4. The second-order valence-electron chi connectivity index (χ2n) is 4.86. The predicted octanol–water partition coefficient (Wildman–Crippen LogP) is 0.815. The van der Waals surface area contributed by atoms with Gasteiger partial charge in [0.15, 0.2) is 0 Å². The second kappa shape index (κ2) is 6.45. The molecule has 5 nitrogen and oxygen atoms in total. The van der Waals surface area contributed by atoms with Gasteiger partial charge in [0.2, 0.25) is 10.0 Å². The summed E-state index contributed by atoms with van der Waals surface area (Å²) in [5, 5.41) is 3.20. The van der Waals surface area contributed by atoms with Crippen LogP contribution in [0.5, 0.6) is 0 Å². The van der Waals surface area contributed by atoms with E-state index in [1.54, 1.807) is 6.20 Å². The molecule has 2 rings (SSSR count). The van der Waals surface area contributed by atoms with Crippen molar-refractivity contribution in [3.05, 3.63) is 29.6 Å². The molecule has 6 heteroatoms. The Kier molecular flexibility index (Phi) is 4.90. The van der Waals surface area contributed by atoms with Crippen molar-refractivity contribution in [2.75, 3.05) is 12.3 Å². The van der Waals surface area contributed by atoms with E-state index in [0.29, 0.717) is 0 Å². The van der Waals surface area contributed by atoms with Crippen LogP contribution in [0.25, 0.3) is 0 Å². The van der Waals surface area contributed by atoms with Gasteiger partial charge in [0.1, 0.15) is 0 Å². The van der Waals surface area contributed by atoms with Crippen molar-refractivity contribution in [2.24, 2.45) is 0 Å². The fourth-order valence-corrected chi connectivity index (χ4v) is 3.64. The van der Waals surface area contributed by atoms with E-state index in [9.17, 15) is 8.42 Å². The monoisotopic (exact) mass is 283 g/mol. The first-order valence-electron chi connectivity index (χ1n) is 6.74. The average molecular weight is 283 g/mol. The van der Waals surface area contributed by atoms with Crippen LogP contribution in [0.3, 0.4) is 0 Å². The lowest BCUT2D eigenvalue weighted by atomic mass is 10.1. The minimum atomic E-state index is -3.24. The predicted molar refractivity (Wildman–Crippen MR) is 75.3 cm³/mol. The molecule has 0 saturated carbocycles. The third kappa shape index (κ3) is 4.26. The molecule has 1 aromatic heterocycles. The number of aromatic nitrogens is 1. The largest absolute Gasteiger partial charge is 0.313 e. The van der Waals surface area contributed by atoms with Gasteiger partial charge < -0.3 is 5.32 Å². The summed E-state index contributed by atoms with van der Waals surface area (Å²) in [5.74, 6) is 0.154. The zero-order valence-electron chi connectivity index (χ0n) is 11.2. The van der Waals surface area contributed by atoms with E-state index in [0.717, 1.165) is 37.1 Å². The van der Waals surface area contributed by atoms with Crippen LogP contribution >= 0.6 is 0 Å². The van der Waals surface area contributed by atoms with E-state index in [2.05, 4.69) is 15.0 Å². The third-order valence-corrected chi connectivity index (χ3v) is 4.83. The van der Waals surface area contributed by atoms with Crippen LogP contribution in [-0.2, 0) is 23.0 Å². The quantitative estimate of drug-likeness (QED) is 0.811. The molecule has 0 radical (unpaired) electrons. The van der Waals surface area contributed by atoms with Gasteiger partial charge in [-0.25, -0.2) is 13.1 Å². The van der Waals surface area contributed by atoms with Gasteiger partial charge in [-0.2, -0.15) is 0 Å². The Bertz CT molecular complexity index is 510. The molecule has 1 aliphatic rings. The molecule has 2 N–H and O–H groups in total. The van der Waals surface area contributed by atoms with Crippen LogP contribution in [0.2, 0.25) is 0 Å². The van der Waals surface area contributed by atoms with Crippen molar-refractivity contribution in [1.82, 2.24) is 15.0 Å². The first kappa shape index (κ1) is 14.4. The van der Waals surface area contributed by atoms with Crippen LogP contribution in [-0.4, -0.2) is 31.7 Å². The van der Waals surface area contributed by atoms with Crippen LogP contribution in [0.4, 0.5) is 0 Å². The summed E-state index contributed by atoms with van der Waals surface area (Å²) >= 11 is 0. The summed E-state index contributed by atoms with van der Waals surface area (Å²) in [5.41, 5.74) is 1.90. The van der Waals surface area contributed by atoms with Crippen molar-refractivity contribution >= 4 is 10.0 Å². The number of hydrogen-bond donors (Lipinski definition) is 2. The summed E-state index contributed by atoms with van der Waals surface area (Å²) < 4.78 is 26.6. The number of nitrogens with zero attached hydrogens (tertiary/aromatic N) is 1. The van der Waals surface area contributed by atoms with Gasteiger partial charge >= 0.3 is 0 Å². The summed E-state index contributed by atoms with van der Waals surface area (Å²) in [6.45, 7) is 3.23. The van der Waals surface area contributed by atoms with E-state index >= 15 is 0 Å². The van der Waals surface area contributed by atoms with Crippen LogP contribution in [0, 0.1) is 0 Å². The van der Waals surface area contributed by atoms with Crippen molar-refractivity contribution in [2.45, 2.75) is 38.8 Å². The van der Waals surface area contributed by atoms with Crippen LogP contribution in [0.15, 0.2) is 18.3 Å². The molecular weight excluding hydrogens is 262 g/mol. The van der Waals surface area contributed by atoms with Gasteiger partial charge in [0, 0.05) is 12.2 Å². The molecule has 0 amide bonds. The third-order valence-electron chi connectivity index (χ3n) is 3.41. The molecule has 19 heavy (non-hydrogen) atoms. The Labute approximate surface area is 114 Å². The number of rotatable bonds is 6. The Balaban J connectivity index is 1.93. The fraction of sp³-hybridized carbons (Fsp3) is 0.615. The van der Waals surface area contributed by atoms with Crippen molar-refractivity contribution < 1.29 is 8.42 Å². The normalized spacial score (nSPS) is 19.7. The number of aryl methyl sites for hydroxylation is 1. The molecule has 1 unspecified atom stereocenters. The topological polar surface area (TPSA) is 71.1 Å². The molecule has 0 aliphatic carbocycles. The first-order chi connectivity index (χ1) is 9.11. The van der Waals surface area contributed by atoms with Gasteiger partial charge in [-0.3, -0.25) is 4.98 Å². The summed E-state index contributed by atoms with van der Waals surface area (Å²) in [6.07, 6.45) is 4.54. The molecule has 0 aromatic carbocycles. The molecule has 2 heterocycles. The second-order valence-corrected chi connectivity index (χ2v) is 6.71. The number of nitrogens with one attached hydrogen (secondary N) is 2. The molecule has 106 valence electrons. The fourth-order valence-electron chi connectivity index (χ4n) is 2.35. The van der Waals surface area contributed by atoms with Crippen LogP contribution < -0.4 is 10.0 Å². The first-order valence-corrected chi connectivity index (χ1v) is 8.39. The van der Waals surface area contributed by atoms with Crippen molar-refractivity contribution in [3.8, 4) is 0 Å².